The first-order chi connectivity index (χ1) is 50.1. The number of aromatic hydroxyl groups is 3. The van der Waals surface area contributed by atoms with Crippen LogP contribution in [0.3, 0.4) is 0 Å². The number of thioether (sulfide) groups is 2. The number of benzene rings is 10. The number of aryl methyl sites for hydroxylation is 2. The van der Waals surface area contributed by atoms with E-state index in [0.29, 0.717) is 73.0 Å². The van der Waals surface area contributed by atoms with Gasteiger partial charge in [0.25, 0.3) is 15.9 Å². The fourth-order valence-corrected chi connectivity index (χ4v) is 16.5. The first-order valence-corrected chi connectivity index (χ1v) is 39.7. The van der Waals surface area contributed by atoms with Gasteiger partial charge in [-0.3, -0.25) is 28.6 Å². The first kappa shape index (κ1) is 78.4. The Kier molecular flexibility index (Phi) is 26.3. The van der Waals surface area contributed by atoms with Gasteiger partial charge in [-0.05, 0) is 160 Å². The number of fused-ring (bicyclic) bond motifs is 4. The lowest BCUT2D eigenvalue weighted by molar-refractivity contribution is -0.137. The molecule has 1 aliphatic carbocycles. The molecule has 10 aromatic rings. The maximum absolute atomic E-state index is 14.6. The number of rotatable bonds is 25. The van der Waals surface area contributed by atoms with E-state index in [0.717, 1.165) is 63.5 Å². The summed E-state index contributed by atoms with van der Waals surface area (Å²) in [5, 5.41) is 65.2. The van der Waals surface area contributed by atoms with E-state index in [1.165, 1.54) is 46.1 Å². The van der Waals surface area contributed by atoms with Gasteiger partial charge in [-0.2, -0.15) is 12.7 Å². The van der Waals surface area contributed by atoms with Crippen LogP contribution in [-0.4, -0.2) is 139 Å². The van der Waals surface area contributed by atoms with Gasteiger partial charge in [-0.15, -0.1) is 23.5 Å². The fourth-order valence-electron chi connectivity index (χ4n) is 11.8. The van der Waals surface area contributed by atoms with Crippen LogP contribution < -0.4 is 34.0 Å². The molecule has 0 bridgehead atoms. The SMILES string of the molecule is CC(C)Oc1cc(N2CCN(S(=O)(=O)Nc3cc(N(CCOc4ccc5c(c4)CCCC5)CCC(=O)O)c(O)c4cc(F)ccc34)CC2)ccc1Cl.O=C(O)CSc1cc(NC(=O)c2ccc(Br)cc2)c2ccccc2c1O.O=C(O)CSc1cc(S(=O)(=O)Nc2ccc(Br)cc2)c2ccccc2c1O. The van der Waals surface area contributed by atoms with Crippen molar-refractivity contribution >= 4 is 172 Å². The number of ether oxygens (including phenoxy) is 2. The number of halogens is 4. The van der Waals surface area contributed by atoms with E-state index in [4.69, 9.17) is 31.3 Å². The van der Waals surface area contributed by atoms with Gasteiger partial charge in [0.2, 0.25) is 0 Å². The van der Waals surface area contributed by atoms with Crippen LogP contribution in [-0.2, 0) is 47.5 Å². The van der Waals surface area contributed by atoms with E-state index in [1.54, 1.807) is 114 Å². The standard InChI is InChI=1S/C38H44ClFN4O7S.C19H14BrNO4S.C18H14BrNO5S2/c1-25(2)51-36-23-29(9-12-33(36)39)42-15-17-44(18-16-42)52(48,49)41-34-24-35(38(47)32-22-28(40)8-11-31(32)34)43(14-13-37(45)46)19-20-50-30-10-7-26-5-3-4-6-27(26)21-30;20-12-7-5-11(6-8-12)19(25)21-15-9-16(26-10-17(22)23)18(24)14-4-2-1-3-13(14)15;19-11-5-7-12(8-6-11)20-27(24,25)16-9-15(26-10-17(21)22)18(23)14-4-2-1-3-13(14)16/h7-12,21-25,41,47H,3-6,13-20H2,1-2H3,(H,45,46);1-9,24H,10H2,(H,21,25)(H,22,23);1-9,20,23H,10H2,(H,21,22). The fraction of sp³-hybridized carbons (Fsp3) is 0.227. The van der Waals surface area contributed by atoms with Crippen LogP contribution in [0.15, 0.2) is 193 Å². The number of carbonyl (C=O) groups is 4. The highest BCUT2D eigenvalue weighted by Gasteiger charge is 2.30. The third-order valence-electron chi connectivity index (χ3n) is 16.8. The third kappa shape index (κ3) is 20.5. The molecule has 0 aromatic heterocycles. The predicted molar refractivity (Wildman–Crippen MR) is 417 cm³/mol. The van der Waals surface area contributed by atoms with E-state index in [-0.39, 0.29) is 112 Å². The van der Waals surface area contributed by atoms with Crippen LogP contribution in [0, 0.1) is 5.82 Å². The van der Waals surface area contributed by atoms with Gasteiger partial charge in [0.1, 0.15) is 41.2 Å². The largest absolute Gasteiger partial charge is 0.506 e. The summed E-state index contributed by atoms with van der Waals surface area (Å²) in [6.45, 7) is 5.31. The maximum Gasteiger partial charge on any atom is 0.313 e. The maximum atomic E-state index is 14.6. The Hall–Kier alpha value is -9.20. The second kappa shape index (κ2) is 35.3. The van der Waals surface area contributed by atoms with Gasteiger partial charge >= 0.3 is 28.1 Å². The molecule has 0 radical (unpaired) electrons. The van der Waals surface area contributed by atoms with E-state index in [2.05, 4.69) is 57.6 Å². The van der Waals surface area contributed by atoms with Crippen LogP contribution >= 0.6 is 67.0 Å². The molecule has 30 heteroatoms. The molecule has 1 heterocycles. The summed E-state index contributed by atoms with van der Waals surface area (Å²) in [6, 6.07) is 46.8. The average Bonchev–Trinajstić information content (AvgIpc) is 0.774. The minimum atomic E-state index is -4.12. The van der Waals surface area contributed by atoms with Gasteiger partial charge < -0.3 is 55.2 Å². The van der Waals surface area contributed by atoms with Crippen LogP contribution in [0.4, 0.5) is 32.8 Å². The molecule has 0 unspecified atom stereocenters. The summed E-state index contributed by atoms with van der Waals surface area (Å²) >= 11 is 14.8. The molecule has 12 rings (SSSR count). The molecule has 22 nitrogen and oxygen atoms in total. The highest BCUT2D eigenvalue weighted by atomic mass is 79.9. The smallest absolute Gasteiger partial charge is 0.313 e. The summed E-state index contributed by atoms with van der Waals surface area (Å²) in [7, 11) is -8.09. The number of sulfonamides is 1. The molecule has 105 heavy (non-hydrogen) atoms. The quantitative estimate of drug-likeness (QED) is 0.0190. The number of carbonyl (C=O) groups excluding carboxylic acids is 1. The van der Waals surface area contributed by atoms with Crippen molar-refractivity contribution in [3.63, 3.8) is 0 Å². The zero-order chi connectivity index (χ0) is 75.3. The van der Waals surface area contributed by atoms with Crippen LogP contribution in [0.2, 0.25) is 5.02 Å². The summed E-state index contributed by atoms with van der Waals surface area (Å²) < 4.78 is 88.3. The normalized spacial score (nSPS) is 13.0. The summed E-state index contributed by atoms with van der Waals surface area (Å²) in [5.41, 5.74) is 5.10. The van der Waals surface area contributed by atoms with Gasteiger partial charge in [-0.25, -0.2) is 12.8 Å². The molecule has 0 spiro atoms. The minimum absolute atomic E-state index is 0.00786. The lowest BCUT2D eigenvalue weighted by Gasteiger charge is -2.35. The Morgan fingerprint density at radius 1 is 0.610 bits per heavy atom. The van der Waals surface area contributed by atoms with Crippen molar-refractivity contribution < 1.29 is 80.5 Å². The van der Waals surface area contributed by atoms with Crippen molar-refractivity contribution in [2.75, 3.05) is 81.9 Å². The van der Waals surface area contributed by atoms with Crippen molar-refractivity contribution in [3.05, 3.63) is 206 Å². The summed E-state index contributed by atoms with van der Waals surface area (Å²) in [6.07, 6.45) is 4.00. The number of anilines is 5. The molecule has 1 fully saturated rings. The van der Waals surface area contributed by atoms with E-state index in [9.17, 15) is 60.8 Å². The number of nitrogens with zero attached hydrogens (tertiary/aromatic N) is 3. The highest BCUT2D eigenvalue weighted by Crippen LogP contribution is 2.44. The van der Waals surface area contributed by atoms with E-state index < -0.39 is 44.0 Å². The Balaban J connectivity index is 0.000000187. The third-order valence-corrected chi connectivity index (χ3v) is 23.1. The lowest BCUT2D eigenvalue weighted by Crippen LogP contribution is -2.50. The molecule has 2 aliphatic rings. The Labute approximate surface area is 635 Å². The molecule has 1 aliphatic heterocycles. The minimum Gasteiger partial charge on any atom is -0.506 e. The van der Waals surface area contributed by atoms with Crippen molar-refractivity contribution in [3.8, 4) is 28.7 Å². The van der Waals surface area contributed by atoms with Crippen molar-refractivity contribution in [2.45, 2.75) is 66.7 Å². The predicted octanol–water partition coefficient (Wildman–Crippen LogP) is 15.9. The van der Waals surface area contributed by atoms with Gasteiger partial charge in [0.05, 0.1) is 67.3 Å². The second-order valence-corrected chi connectivity index (χ2v) is 32.0. The first-order valence-electron chi connectivity index (χ1n) is 32.8. The lowest BCUT2D eigenvalue weighted by atomic mass is 9.92. The molecule has 0 atom stereocenters. The monoisotopic (exact) mass is 1650 g/mol. The molecule has 0 saturated carbocycles. The molecule has 1 saturated heterocycles. The van der Waals surface area contributed by atoms with Crippen LogP contribution in [0.1, 0.15) is 54.6 Å². The Bertz CT molecular complexity index is 5120. The zero-order valence-electron chi connectivity index (χ0n) is 56.4. The Morgan fingerprint density at radius 3 is 1.83 bits per heavy atom. The number of carboxylic acid groups (broad SMARTS) is 3. The second-order valence-electron chi connectivity index (χ2n) is 24.4. The van der Waals surface area contributed by atoms with Gasteiger partial charge in [-0.1, -0.05) is 98.1 Å². The molecule has 9 N–H and O–H groups in total. The number of aliphatic carboxylic acids is 3. The summed E-state index contributed by atoms with van der Waals surface area (Å²) in [4.78, 5) is 50.1. The van der Waals surface area contributed by atoms with Crippen molar-refractivity contribution in [2.24, 2.45) is 0 Å². The number of piperazine rings is 1. The number of hydrogen-bond acceptors (Lipinski definition) is 17. The number of amides is 1. The number of carboxylic acids is 3. The number of phenols is 3. The van der Waals surface area contributed by atoms with Crippen molar-refractivity contribution in [1.29, 1.82) is 0 Å². The van der Waals surface area contributed by atoms with Crippen molar-refractivity contribution in [1.82, 2.24) is 4.31 Å². The molecular formula is C75H72Br2ClFN6O16S4. The number of hydrogen-bond donors (Lipinski definition) is 9. The van der Waals surface area contributed by atoms with Crippen LogP contribution in [0.25, 0.3) is 32.3 Å². The molecule has 10 aromatic carbocycles. The highest BCUT2D eigenvalue weighted by molar-refractivity contribution is 9.10. The average molecular weight is 1660 g/mol. The molecule has 550 valence electrons. The van der Waals surface area contributed by atoms with Gasteiger partial charge in [0, 0.05) is 97.0 Å². The topological polar surface area (TPSA) is 322 Å². The van der Waals surface area contributed by atoms with E-state index >= 15 is 0 Å². The zero-order valence-corrected chi connectivity index (χ0v) is 63.6. The number of phenolic OH excluding ortho intramolecular Hbond substituents is 3. The van der Waals surface area contributed by atoms with E-state index in [1.807, 2.05) is 38.1 Å². The van der Waals surface area contributed by atoms with Crippen LogP contribution in [0.5, 0.6) is 28.7 Å². The van der Waals surface area contributed by atoms with Gasteiger partial charge in [0.15, 0.2) is 0 Å². The molecular weight excluding hydrogens is 1580 g/mol. The number of nitrogens with one attached hydrogen (secondary N) is 3. The molecule has 1 amide bonds. The summed E-state index contributed by atoms with van der Waals surface area (Å²) in [5.74, 6) is -3.68. The Morgan fingerprint density at radius 2 is 1.20 bits per heavy atom.